The van der Waals surface area contributed by atoms with Crippen LogP contribution in [-0.2, 0) is 14.4 Å². The highest BCUT2D eigenvalue weighted by atomic mass is 16.4. The van der Waals surface area contributed by atoms with Gasteiger partial charge in [-0.05, 0) is 24.7 Å². The molecule has 3 N–H and O–H groups in total. The molecule has 0 aliphatic rings. The summed E-state index contributed by atoms with van der Waals surface area (Å²) >= 11 is 0. The van der Waals surface area contributed by atoms with Crippen LogP contribution in [0.4, 0.5) is 0 Å². The van der Waals surface area contributed by atoms with Gasteiger partial charge in [-0.15, -0.1) is 0 Å². The second-order valence-electron chi connectivity index (χ2n) is 5.69. The lowest BCUT2D eigenvalue weighted by atomic mass is 9.57. The number of carboxylic acids is 3. The molecule has 0 fully saturated rings. The van der Waals surface area contributed by atoms with Crippen molar-refractivity contribution in [3.8, 4) is 0 Å². The van der Waals surface area contributed by atoms with Crippen molar-refractivity contribution in [3.05, 3.63) is 36.5 Å². The van der Waals surface area contributed by atoms with Crippen LogP contribution >= 0.6 is 0 Å². The molecule has 0 bridgehead atoms. The van der Waals surface area contributed by atoms with Crippen LogP contribution in [-0.4, -0.2) is 33.2 Å². The van der Waals surface area contributed by atoms with Crippen molar-refractivity contribution in [1.29, 1.82) is 0 Å². The minimum absolute atomic E-state index is 0.494. The molecular weight excluding hydrogens is 312 g/mol. The number of aliphatic carboxylic acids is 3. The molecule has 0 atom stereocenters. The predicted molar refractivity (Wildman–Crippen MR) is 90.7 cm³/mol. The summed E-state index contributed by atoms with van der Waals surface area (Å²) in [7, 11) is 0. The lowest BCUT2D eigenvalue weighted by Crippen LogP contribution is -2.38. The normalized spacial score (nSPS) is 15.1. The minimum Gasteiger partial charge on any atom is -0.478 e. The topological polar surface area (TPSA) is 112 Å². The molecule has 0 aromatic heterocycles. The fourth-order valence-corrected chi connectivity index (χ4v) is 3.24. The molecule has 0 aliphatic heterocycles. The van der Waals surface area contributed by atoms with Crippen molar-refractivity contribution in [2.24, 2.45) is 10.8 Å². The van der Waals surface area contributed by atoms with E-state index in [0.29, 0.717) is 19.3 Å². The number of hydrogen-bond donors (Lipinski definition) is 3. The average molecular weight is 338 g/mol. The first-order valence-electron chi connectivity index (χ1n) is 7.95. The highest BCUT2D eigenvalue weighted by Gasteiger charge is 2.43. The maximum absolute atomic E-state index is 11.0. The summed E-state index contributed by atoms with van der Waals surface area (Å²) in [6.45, 7) is 5.85. The monoisotopic (exact) mass is 338 g/mol. The van der Waals surface area contributed by atoms with E-state index in [1.165, 1.54) is 18.2 Å². The van der Waals surface area contributed by atoms with Gasteiger partial charge in [0, 0.05) is 23.6 Å². The van der Waals surface area contributed by atoms with E-state index in [1.54, 1.807) is 0 Å². The summed E-state index contributed by atoms with van der Waals surface area (Å²) in [6, 6.07) is 0. The van der Waals surface area contributed by atoms with E-state index in [-0.39, 0.29) is 0 Å². The number of rotatable bonds is 11. The van der Waals surface area contributed by atoms with Crippen molar-refractivity contribution in [1.82, 2.24) is 0 Å². The Hall–Kier alpha value is -2.37. The van der Waals surface area contributed by atoms with E-state index in [2.05, 4.69) is 0 Å². The van der Waals surface area contributed by atoms with E-state index < -0.39 is 28.7 Å². The van der Waals surface area contributed by atoms with Gasteiger partial charge in [0.2, 0.25) is 0 Å². The SMILES string of the molecule is CCCC(CC)(CC)C(C=CC(=O)O)(C=CC(=O)O)C=CC(=O)O. The standard InChI is InChI=1S/C18H26O6/c1-4-10-17(5-2,6-3)18(11-7-14(19)20,12-8-15(21)22)13-9-16(23)24/h7-9,11-13H,4-6,10H2,1-3H3,(H,19,20)(H,21,22)(H,23,24). The Bertz CT molecular complexity index is 478. The molecule has 0 rings (SSSR count). The van der Waals surface area contributed by atoms with Gasteiger partial charge in [-0.1, -0.05) is 45.4 Å². The smallest absolute Gasteiger partial charge is 0.328 e. The van der Waals surface area contributed by atoms with Crippen LogP contribution in [0.3, 0.4) is 0 Å². The van der Waals surface area contributed by atoms with Gasteiger partial charge in [-0.25, -0.2) is 14.4 Å². The van der Waals surface area contributed by atoms with E-state index in [0.717, 1.165) is 24.6 Å². The van der Waals surface area contributed by atoms with Crippen LogP contribution in [0.2, 0.25) is 0 Å². The van der Waals surface area contributed by atoms with E-state index in [1.807, 2.05) is 20.8 Å². The summed E-state index contributed by atoms with van der Waals surface area (Å²) in [4.78, 5) is 33.0. The molecule has 6 heteroatoms. The Morgan fingerprint density at radius 1 is 0.750 bits per heavy atom. The average Bonchev–Trinajstić information content (AvgIpc) is 2.52. The number of hydrogen-bond acceptors (Lipinski definition) is 3. The van der Waals surface area contributed by atoms with Gasteiger partial charge in [0.1, 0.15) is 0 Å². The molecule has 0 aromatic rings. The van der Waals surface area contributed by atoms with Crippen LogP contribution in [0.25, 0.3) is 0 Å². The fourth-order valence-electron chi connectivity index (χ4n) is 3.24. The third-order valence-electron chi connectivity index (χ3n) is 4.51. The predicted octanol–water partition coefficient (Wildman–Crippen LogP) is 3.50. The molecule has 0 aromatic carbocycles. The van der Waals surface area contributed by atoms with Gasteiger partial charge < -0.3 is 15.3 Å². The highest BCUT2D eigenvalue weighted by molar-refractivity contribution is 5.82. The van der Waals surface area contributed by atoms with Gasteiger partial charge in [-0.3, -0.25) is 0 Å². The lowest BCUT2D eigenvalue weighted by Gasteiger charge is -2.46. The van der Waals surface area contributed by atoms with Gasteiger partial charge in [0.15, 0.2) is 0 Å². The van der Waals surface area contributed by atoms with E-state index >= 15 is 0 Å². The van der Waals surface area contributed by atoms with Gasteiger partial charge in [0.25, 0.3) is 0 Å². The Balaban J connectivity index is 6.56. The summed E-state index contributed by atoms with van der Waals surface area (Å²) < 4.78 is 0. The number of carbonyl (C=O) groups is 3. The first kappa shape index (κ1) is 21.6. The zero-order valence-corrected chi connectivity index (χ0v) is 14.4. The van der Waals surface area contributed by atoms with Gasteiger partial charge in [-0.2, -0.15) is 0 Å². The molecule has 0 amide bonds. The maximum Gasteiger partial charge on any atom is 0.328 e. The maximum atomic E-state index is 11.0. The van der Waals surface area contributed by atoms with Crippen molar-refractivity contribution in [3.63, 3.8) is 0 Å². The summed E-state index contributed by atoms with van der Waals surface area (Å²) in [5, 5.41) is 27.0. The summed E-state index contributed by atoms with van der Waals surface area (Å²) in [6.07, 6.45) is 9.73. The van der Waals surface area contributed by atoms with Crippen LogP contribution in [0.5, 0.6) is 0 Å². The third kappa shape index (κ3) is 5.68. The second kappa shape index (κ2) is 9.70. The Morgan fingerprint density at radius 3 is 1.29 bits per heavy atom. The third-order valence-corrected chi connectivity index (χ3v) is 4.51. The Labute approximate surface area is 142 Å². The molecule has 0 unspecified atom stereocenters. The zero-order chi connectivity index (χ0) is 18.8. The van der Waals surface area contributed by atoms with Gasteiger partial charge in [0.05, 0.1) is 0 Å². The molecule has 0 saturated carbocycles. The zero-order valence-electron chi connectivity index (χ0n) is 14.4. The van der Waals surface area contributed by atoms with Crippen LogP contribution in [0, 0.1) is 10.8 Å². The van der Waals surface area contributed by atoms with E-state index in [4.69, 9.17) is 15.3 Å². The molecule has 0 radical (unpaired) electrons. The first-order chi connectivity index (χ1) is 11.2. The fraction of sp³-hybridized carbons (Fsp3) is 0.500. The van der Waals surface area contributed by atoms with Crippen molar-refractivity contribution in [2.45, 2.75) is 46.5 Å². The van der Waals surface area contributed by atoms with Crippen LogP contribution in [0.1, 0.15) is 46.5 Å². The molecule has 134 valence electrons. The second-order valence-corrected chi connectivity index (χ2v) is 5.69. The summed E-state index contributed by atoms with van der Waals surface area (Å²) in [5.41, 5.74) is -1.62. The molecule has 0 aliphatic carbocycles. The first-order valence-corrected chi connectivity index (χ1v) is 7.95. The Kier molecular flexibility index (Phi) is 8.74. The molecule has 6 nitrogen and oxygen atoms in total. The highest BCUT2D eigenvalue weighted by Crippen LogP contribution is 2.52. The number of carboxylic acid groups (broad SMARTS) is 3. The molecule has 0 heterocycles. The molecule has 0 saturated heterocycles. The minimum atomic E-state index is -1.18. The molecule has 0 spiro atoms. The lowest BCUT2D eigenvalue weighted by molar-refractivity contribution is -0.132. The quantitative estimate of drug-likeness (QED) is 0.497. The van der Waals surface area contributed by atoms with Crippen LogP contribution < -0.4 is 0 Å². The Morgan fingerprint density at radius 2 is 1.08 bits per heavy atom. The molecular formula is C18H26O6. The van der Waals surface area contributed by atoms with Crippen molar-refractivity contribution >= 4 is 17.9 Å². The summed E-state index contributed by atoms with van der Waals surface area (Å²) in [5.74, 6) is -3.53. The van der Waals surface area contributed by atoms with Gasteiger partial charge >= 0.3 is 17.9 Å². The van der Waals surface area contributed by atoms with Crippen LogP contribution in [0.15, 0.2) is 36.5 Å². The van der Waals surface area contributed by atoms with Crippen molar-refractivity contribution in [2.75, 3.05) is 0 Å². The molecule has 24 heavy (non-hydrogen) atoms. The van der Waals surface area contributed by atoms with Crippen molar-refractivity contribution < 1.29 is 29.7 Å². The number of allylic oxidation sites excluding steroid dienone is 3. The van der Waals surface area contributed by atoms with E-state index in [9.17, 15) is 14.4 Å². The largest absolute Gasteiger partial charge is 0.478 e.